The second kappa shape index (κ2) is 12.1. The topological polar surface area (TPSA) is 99.8 Å². The first-order chi connectivity index (χ1) is 16.7. The van der Waals surface area contributed by atoms with Crippen LogP contribution in [-0.4, -0.2) is 55.0 Å². The fraction of sp³-hybridized carbons (Fsp3) is 0.464. The number of likely N-dealkylation sites (N-methyl/N-ethyl adjacent to an activating group) is 1. The number of ether oxygens (including phenoxy) is 1. The molecule has 4 atom stereocenters. The van der Waals surface area contributed by atoms with Crippen LogP contribution >= 0.6 is 0 Å². The zero-order valence-corrected chi connectivity index (χ0v) is 21.0. The van der Waals surface area contributed by atoms with Crippen molar-refractivity contribution in [3.05, 3.63) is 71.8 Å². The van der Waals surface area contributed by atoms with Crippen LogP contribution in [0, 0.1) is 5.92 Å². The highest BCUT2D eigenvalue weighted by Gasteiger charge is 2.50. The van der Waals surface area contributed by atoms with Gasteiger partial charge in [0.05, 0.1) is 18.7 Å². The summed E-state index contributed by atoms with van der Waals surface area (Å²) in [6, 6.07) is 17.3. The van der Waals surface area contributed by atoms with Crippen molar-refractivity contribution in [3.63, 3.8) is 0 Å². The van der Waals surface area contributed by atoms with Gasteiger partial charge in [-0.15, -0.1) is 0 Å². The van der Waals surface area contributed by atoms with Gasteiger partial charge in [-0.05, 0) is 43.9 Å². The predicted molar refractivity (Wildman–Crippen MR) is 136 cm³/mol. The van der Waals surface area contributed by atoms with Crippen LogP contribution < -0.4 is 16.0 Å². The zero-order chi connectivity index (χ0) is 25.4. The molecule has 0 aromatic heterocycles. The first-order valence-corrected chi connectivity index (χ1v) is 12.3. The van der Waals surface area contributed by atoms with E-state index in [0.29, 0.717) is 25.9 Å². The number of hydrogen-bond donors (Lipinski definition) is 3. The number of epoxide rings is 1. The lowest BCUT2D eigenvalue weighted by Gasteiger charge is -2.26. The van der Waals surface area contributed by atoms with Gasteiger partial charge < -0.3 is 20.7 Å². The summed E-state index contributed by atoms with van der Waals surface area (Å²) in [6.07, 6.45) is 1.31. The highest BCUT2D eigenvalue weighted by Crippen LogP contribution is 2.29. The van der Waals surface area contributed by atoms with E-state index in [2.05, 4.69) is 16.0 Å². The lowest BCUT2D eigenvalue weighted by atomic mass is 9.93. The third-order valence-electron chi connectivity index (χ3n) is 6.30. The van der Waals surface area contributed by atoms with E-state index in [4.69, 9.17) is 4.74 Å². The van der Waals surface area contributed by atoms with Crippen molar-refractivity contribution in [3.8, 4) is 0 Å². The van der Waals surface area contributed by atoms with Crippen molar-refractivity contribution in [2.75, 3.05) is 13.7 Å². The van der Waals surface area contributed by atoms with Crippen molar-refractivity contribution in [2.24, 2.45) is 5.92 Å². The van der Waals surface area contributed by atoms with Gasteiger partial charge in [-0.25, -0.2) is 0 Å². The Morgan fingerprint density at radius 1 is 0.829 bits per heavy atom. The Hall–Kier alpha value is -3.03. The molecule has 1 heterocycles. The van der Waals surface area contributed by atoms with Gasteiger partial charge in [0, 0.05) is 6.42 Å². The smallest absolute Gasteiger partial charge is 0.243 e. The Balaban J connectivity index is 1.76. The van der Waals surface area contributed by atoms with Crippen molar-refractivity contribution in [2.45, 2.75) is 63.8 Å². The molecule has 7 heteroatoms. The highest BCUT2D eigenvalue weighted by molar-refractivity contribution is 5.98. The van der Waals surface area contributed by atoms with Gasteiger partial charge in [0.25, 0.3) is 0 Å². The third kappa shape index (κ3) is 7.73. The van der Waals surface area contributed by atoms with Crippen LogP contribution in [0.2, 0.25) is 0 Å². The van der Waals surface area contributed by atoms with Gasteiger partial charge in [0.15, 0.2) is 5.78 Å². The first kappa shape index (κ1) is 26.6. The summed E-state index contributed by atoms with van der Waals surface area (Å²) >= 11 is 0. The van der Waals surface area contributed by atoms with Crippen LogP contribution in [-0.2, 0) is 32.0 Å². The summed E-state index contributed by atoms with van der Waals surface area (Å²) in [5.41, 5.74) is 1.10. The summed E-state index contributed by atoms with van der Waals surface area (Å²) in [4.78, 5) is 39.7. The van der Waals surface area contributed by atoms with Crippen LogP contribution in [0.3, 0.4) is 0 Å². The molecule has 2 aromatic carbocycles. The molecule has 7 nitrogen and oxygen atoms in total. The molecule has 0 unspecified atom stereocenters. The number of benzene rings is 2. The van der Waals surface area contributed by atoms with E-state index in [1.807, 2.05) is 74.5 Å². The molecule has 1 fully saturated rings. The summed E-state index contributed by atoms with van der Waals surface area (Å²) in [7, 11) is 1.73. The van der Waals surface area contributed by atoms with Gasteiger partial charge >= 0.3 is 0 Å². The first-order valence-electron chi connectivity index (χ1n) is 12.3. The van der Waals surface area contributed by atoms with Crippen LogP contribution in [0.1, 0.15) is 38.3 Å². The average molecular weight is 480 g/mol. The molecular weight excluding hydrogens is 442 g/mol. The number of carbonyl (C=O) groups is 3. The van der Waals surface area contributed by atoms with Crippen LogP contribution in [0.4, 0.5) is 0 Å². The molecule has 1 aliphatic heterocycles. The maximum Gasteiger partial charge on any atom is 0.243 e. The van der Waals surface area contributed by atoms with E-state index in [1.54, 1.807) is 14.0 Å². The monoisotopic (exact) mass is 479 g/mol. The quantitative estimate of drug-likeness (QED) is 0.383. The molecule has 0 radical (unpaired) electrons. The van der Waals surface area contributed by atoms with Crippen LogP contribution in [0.25, 0.3) is 0 Å². The number of amides is 2. The number of hydrogen-bond acceptors (Lipinski definition) is 5. The summed E-state index contributed by atoms with van der Waals surface area (Å²) in [6.45, 7) is 6.13. The summed E-state index contributed by atoms with van der Waals surface area (Å²) in [5.74, 6) is -0.563. The Bertz CT molecular complexity index is 990. The Morgan fingerprint density at radius 3 is 1.74 bits per heavy atom. The van der Waals surface area contributed by atoms with Crippen molar-refractivity contribution in [1.29, 1.82) is 0 Å². The largest absolute Gasteiger partial charge is 0.361 e. The Morgan fingerprint density at radius 2 is 1.29 bits per heavy atom. The van der Waals surface area contributed by atoms with E-state index < -0.39 is 23.7 Å². The molecule has 2 amide bonds. The molecule has 2 aromatic rings. The number of carbonyl (C=O) groups excluding carboxylic acids is 3. The van der Waals surface area contributed by atoms with Gasteiger partial charge in [0.1, 0.15) is 11.6 Å². The molecule has 0 saturated carbocycles. The minimum absolute atomic E-state index is 0.124. The molecule has 0 aliphatic carbocycles. The fourth-order valence-corrected chi connectivity index (χ4v) is 4.10. The number of ketones is 1. The second-order valence-corrected chi connectivity index (χ2v) is 9.86. The molecule has 1 aliphatic rings. The van der Waals surface area contributed by atoms with Gasteiger partial charge in [0.2, 0.25) is 11.8 Å². The fourth-order valence-electron chi connectivity index (χ4n) is 4.10. The Kier molecular flexibility index (Phi) is 9.18. The second-order valence-electron chi connectivity index (χ2n) is 9.86. The van der Waals surface area contributed by atoms with Crippen molar-refractivity contribution in [1.82, 2.24) is 16.0 Å². The van der Waals surface area contributed by atoms with E-state index in [9.17, 15) is 14.4 Å². The maximum absolute atomic E-state index is 13.5. The molecular formula is C28H37N3O4. The molecule has 0 bridgehead atoms. The molecule has 188 valence electrons. The van der Waals surface area contributed by atoms with E-state index in [1.165, 1.54) is 0 Å². The highest BCUT2D eigenvalue weighted by atomic mass is 16.6. The minimum atomic E-state index is -0.835. The summed E-state index contributed by atoms with van der Waals surface area (Å²) in [5, 5.41) is 8.91. The normalized spacial score (nSPS) is 19.5. The van der Waals surface area contributed by atoms with Crippen LogP contribution in [0.15, 0.2) is 60.7 Å². The SMILES string of the molecule is CN[C@@H](Cc1ccccc1)C(=O)N[C@@H](Cc1ccccc1)C(=O)N[C@@H](CC(C)C)C(=O)[C@@]1(C)CO1. The molecule has 0 spiro atoms. The number of nitrogens with one attached hydrogen (secondary N) is 3. The van der Waals surface area contributed by atoms with E-state index in [0.717, 1.165) is 11.1 Å². The molecule has 3 rings (SSSR count). The molecule has 35 heavy (non-hydrogen) atoms. The Labute approximate surface area is 208 Å². The van der Waals surface area contributed by atoms with Gasteiger partial charge in [-0.3, -0.25) is 14.4 Å². The molecule has 3 N–H and O–H groups in total. The van der Waals surface area contributed by atoms with Gasteiger partial charge in [-0.1, -0.05) is 74.5 Å². The zero-order valence-electron chi connectivity index (χ0n) is 21.0. The number of Topliss-reactive ketones (excluding diaryl/α,β-unsaturated/α-hetero) is 1. The van der Waals surface area contributed by atoms with E-state index in [-0.39, 0.29) is 23.5 Å². The van der Waals surface area contributed by atoms with Gasteiger partial charge in [-0.2, -0.15) is 0 Å². The average Bonchev–Trinajstić information content (AvgIpc) is 3.60. The number of rotatable bonds is 13. The maximum atomic E-state index is 13.5. The third-order valence-corrected chi connectivity index (χ3v) is 6.30. The van der Waals surface area contributed by atoms with Crippen molar-refractivity contribution >= 4 is 17.6 Å². The van der Waals surface area contributed by atoms with E-state index >= 15 is 0 Å². The standard InChI is InChI=1S/C28H37N3O4/c1-19(2)15-22(25(32)28(3)18-35-28)30-27(34)24(17-21-13-9-6-10-14-21)31-26(33)23(29-4)16-20-11-7-5-8-12-20/h5-14,19,22-24,29H,15-18H2,1-4H3,(H,30,34)(H,31,33)/t22-,23-,24-,28+/m0/s1. The minimum Gasteiger partial charge on any atom is -0.361 e. The summed E-state index contributed by atoms with van der Waals surface area (Å²) < 4.78 is 5.35. The van der Waals surface area contributed by atoms with Crippen LogP contribution in [0.5, 0.6) is 0 Å². The lowest BCUT2D eigenvalue weighted by molar-refractivity contribution is -0.133. The predicted octanol–water partition coefficient (Wildman–Crippen LogP) is 2.43. The molecule has 1 saturated heterocycles. The lowest BCUT2D eigenvalue weighted by Crippen LogP contribution is -2.57. The van der Waals surface area contributed by atoms with Crippen molar-refractivity contribution < 1.29 is 19.1 Å².